The van der Waals surface area contributed by atoms with Gasteiger partial charge in [-0.15, -0.1) is 11.3 Å². The molecule has 0 fully saturated rings. The van der Waals surface area contributed by atoms with E-state index in [1.807, 2.05) is 0 Å². The molecule has 0 amide bonds. The molecule has 1 N–H and O–H groups in total. The fraction of sp³-hybridized carbons (Fsp3) is 0.667. The van der Waals surface area contributed by atoms with Crippen molar-refractivity contribution in [1.82, 2.24) is 4.98 Å². The summed E-state index contributed by atoms with van der Waals surface area (Å²) in [7, 11) is 0. The SMILES string of the molecule is CC(C)Cc1sc(CCO)nc1Br. The molecule has 1 heterocycles. The van der Waals surface area contributed by atoms with E-state index in [-0.39, 0.29) is 6.61 Å². The first-order valence-electron chi connectivity index (χ1n) is 4.38. The Hall–Kier alpha value is 0.0700. The predicted octanol–water partition coefficient (Wildman–Crippen LogP) is 2.64. The maximum Gasteiger partial charge on any atom is 0.120 e. The number of nitrogens with zero attached hydrogens (tertiary/aromatic N) is 1. The smallest absolute Gasteiger partial charge is 0.120 e. The zero-order valence-corrected chi connectivity index (χ0v) is 10.3. The molecule has 0 radical (unpaired) electrons. The van der Waals surface area contributed by atoms with E-state index < -0.39 is 0 Å². The van der Waals surface area contributed by atoms with Gasteiger partial charge in [0.15, 0.2) is 0 Å². The summed E-state index contributed by atoms with van der Waals surface area (Å²) < 4.78 is 0.953. The fourth-order valence-corrected chi connectivity index (χ4v) is 2.98. The molecule has 1 aromatic rings. The van der Waals surface area contributed by atoms with Crippen LogP contribution in [0.4, 0.5) is 0 Å². The Labute approximate surface area is 91.1 Å². The molecule has 0 saturated carbocycles. The van der Waals surface area contributed by atoms with Crippen molar-refractivity contribution in [3.05, 3.63) is 14.5 Å². The van der Waals surface area contributed by atoms with Crippen LogP contribution in [0.15, 0.2) is 4.60 Å². The highest BCUT2D eigenvalue weighted by Crippen LogP contribution is 2.26. The second-order valence-electron chi connectivity index (χ2n) is 3.39. The zero-order chi connectivity index (χ0) is 9.84. The normalized spacial score (nSPS) is 11.2. The number of rotatable bonds is 4. The maximum atomic E-state index is 8.75. The van der Waals surface area contributed by atoms with Gasteiger partial charge in [-0.2, -0.15) is 0 Å². The van der Waals surface area contributed by atoms with Crippen LogP contribution in [0.1, 0.15) is 23.7 Å². The highest BCUT2D eigenvalue weighted by Gasteiger charge is 2.09. The molecule has 0 bridgehead atoms. The number of hydrogen-bond donors (Lipinski definition) is 1. The van der Waals surface area contributed by atoms with Crippen LogP contribution in [0.5, 0.6) is 0 Å². The molecule has 0 unspecified atom stereocenters. The molecular formula is C9H14BrNOS. The molecule has 1 rings (SSSR count). The number of thiazole rings is 1. The fourth-order valence-electron chi connectivity index (χ4n) is 1.08. The Balaban J connectivity index is 2.71. The highest BCUT2D eigenvalue weighted by molar-refractivity contribution is 9.10. The van der Waals surface area contributed by atoms with Gasteiger partial charge in [0.1, 0.15) is 4.60 Å². The van der Waals surface area contributed by atoms with Crippen LogP contribution in [0.25, 0.3) is 0 Å². The summed E-state index contributed by atoms with van der Waals surface area (Å²) in [5.41, 5.74) is 0. The number of aromatic nitrogens is 1. The molecule has 0 atom stereocenters. The van der Waals surface area contributed by atoms with Gasteiger partial charge in [0.25, 0.3) is 0 Å². The molecule has 0 saturated heterocycles. The first-order chi connectivity index (χ1) is 6.13. The van der Waals surface area contributed by atoms with Crippen LogP contribution >= 0.6 is 27.3 Å². The lowest BCUT2D eigenvalue weighted by atomic mass is 10.1. The zero-order valence-electron chi connectivity index (χ0n) is 7.88. The summed E-state index contributed by atoms with van der Waals surface area (Å²) in [4.78, 5) is 5.62. The van der Waals surface area contributed by atoms with Gasteiger partial charge in [-0.3, -0.25) is 0 Å². The summed E-state index contributed by atoms with van der Waals surface area (Å²) in [6.45, 7) is 4.57. The van der Waals surface area contributed by atoms with Gasteiger partial charge in [-0.05, 0) is 28.3 Å². The number of aliphatic hydroxyl groups is 1. The number of hydrogen-bond acceptors (Lipinski definition) is 3. The average molecular weight is 264 g/mol. The van der Waals surface area contributed by atoms with Crippen LogP contribution in [-0.2, 0) is 12.8 Å². The molecule has 0 aromatic carbocycles. The lowest BCUT2D eigenvalue weighted by Crippen LogP contribution is -1.91. The van der Waals surface area contributed by atoms with Crippen LogP contribution in [0.2, 0.25) is 0 Å². The van der Waals surface area contributed by atoms with Crippen molar-refractivity contribution < 1.29 is 5.11 Å². The van der Waals surface area contributed by atoms with Crippen molar-refractivity contribution in [2.75, 3.05) is 6.61 Å². The van der Waals surface area contributed by atoms with Crippen molar-refractivity contribution in [1.29, 1.82) is 0 Å². The number of aliphatic hydroxyl groups excluding tert-OH is 1. The minimum absolute atomic E-state index is 0.182. The van der Waals surface area contributed by atoms with Crippen LogP contribution in [-0.4, -0.2) is 16.7 Å². The quantitative estimate of drug-likeness (QED) is 0.906. The monoisotopic (exact) mass is 263 g/mol. The van der Waals surface area contributed by atoms with E-state index in [4.69, 9.17) is 5.11 Å². The Bertz CT molecular complexity index is 273. The molecule has 4 heteroatoms. The van der Waals surface area contributed by atoms with E-state index in [1.54, 1.807) is 11.3 Å². The van der Waals surface area contributed by atoms with E-state index in [9.17, 15) is 0 Å². The van der Waals surface area contributed by atoms with E-state index in [0.29, 0.717) is 12.3 Å². The molecule has 0 aliphatic rings. The lowest BCUT2D eigenvalue weighted by molar-refractivity contribution is 0.299. The third-order valence-corrected chi connectivity index (χ3v) is 3.67. The van der Waals surface area contributed by atoms with E-state index in [0.717, 1.165) is 16.0 Å². The van der Waals surface area contributed by atoms with Gasteiger partial charge in [0, 0.05) is 17.9 Å². The Morgan fingerprint density at radius 3 is 2.77 bits per heavy atom. The van der Waals surface area contributed by atoms with Crippen molar-refractivity contribution in [2.24, 2.45) is 5.92 Å². The second kappa shape index (κ2) is 5.08. The van der Waals surface area contributed by atoms with Crippen molar-refractivity contribution >= 4 is 27.3 Å². The Kier molecular flexibility index (Phi) is 4.35. The summed E-state index contributed by atoms with van der Waals surface area (Å²) in [5, 5.41) is 9.77. The Morgan fingerprint density at radius 1 is 1.54 bits per heavy atom. The van der Waals surface area contributed by atoms with E-state index >= 15 is 0 Å². The highest BCUT2D eigenvalue weighted by atomic mass is 79.9. The van der Waals surface area contributed by atoms with Crippen molar-refractivity contribution in [3.63, 3.8) is 0 Å². The third-order valence-electron chi connectivity index (χ3n) is 1.61. The molecule has 0 spiro atoms. The van der Waals surface area contributed by atoms with Gasteiger partial charge in [-0.1, -0.05) is 13.8 Å². The first kappa shape index (κ1) is 11.1. The average Bonchev–Trinajstić information content (AvgIpc) is 2.31. The van der Waals surface area contributed by atoms with Gasteiger partial charge in [-0.25, -0.2) is 4.98 Å². The first-order valence-corrected chi connectivity index (χ1v) is 5.99. The topological polar surface area (TPSA) is 33.1 Å². The predicted molar refractivity (Wildman–Crippen MR) is 59.1 cm³/mol. The molecule has 0 aliphatic carbocycles. The summed E-state index contributed by atoms with van der Waals surface area (Å²) >= 11 is 5.13. The molecule has 74 valence electrons. The van der Waals surface area contributed by atoms with Crippen LogP contribution < -0.4 is 0 Å². The molecular weight excluding hydrogens is 250 g/mol. The van der Waals surface area contributed by atoms with Gasteiger partial charge in [0.2, 0.25) is 0 Å². The Morgan fingerprint density at radius 2 is 2.23 bits per heavy atom. The minimum atomic E-state index is 0.182. The standard InChI is InChI=1S/C9H14BrNOS/c1-6(2)5-7-9(10)11-8(13-7)3-4-12/h6,12H,3-5H2,1-2H3. The number of halogens is 1. The largest absolute Gasteiger partial charge is 0.396 e. The summed E-state index contributed by atoms with van der Waals surface area (Å²) in [5.74, 6) is 0.652. The van der Waals surface area contributed by atoms with E-state index in [1.165, 1.54) is 4.88 Å². The summed E-state index contributed by atoms with van der Waals surface area (Å²) in [6, 6.07) is 0. The molecule has 0 aliphatic heterocycles. The van der Waals surface area contributed by atoms with Crippen molar-refractivity contribution in [3.8, 4) is 0 Å². The summed E-state index contributed by atoms with van der Waals surface area (Å²) in [6.07, 6.45) is 1.73. The maximum absolute atomic E-state index is 8.75. The van der Waals surface area contributed by atoms with E-state index in [2.05, 4.69) is 34.8 Å². The molecule has 13 heavy (non-hydrogen) atoms. The van der Waals surface area contributed by atoms with Gasteiger partial charge in [0.05, 0.1) is 5.01 Å². The van der Waals surface area contributed by atoms with Crippen LogP contribution in [0.3, 0.4) is 0 Å². The second-order valence-corrected chi connectivity index (χ2v) is 5.31. The third kappa shape index (κ3) is 3.37. The van der Waals surface area contributed by atoms with Crippen LogP contribution in [0, 0.1) is 5.92 Å². The molecule has 1 aromatic heterocycles. The lowest BCUT2D eigenvalue weighted by Gasteiger charge is -2.00. The van der Waals surface area contributed by atoms with Gasteiger partial charge < -0.3 is 5.11 Å². The van der Waals surface area contributed by atoms with Crippen molar-refractivity contribution in [2.45, 2.75) is 26.7 Å². The minimum Gasteiger partial charge on any atom is -0.396 e. The van der Waals surface area contributed by atoms with Gasteiger partial charge >= 0.3 is 0 Å². The molecule has 2 nitrogen and oxygen atoms in total.